The molecule has 2 saturated heterocycles. The summed E-state index contributed by atoms with van der Waals surface area (Å²) in [6.45, 7) is 7.36. The molecule has 0 radical (unpaired) electrons. The number of fused-ring (bicyclic) bond motifs is 1. The first-order chi connectivity index (χ1) is 4.81. The zero-order valence-corrected chi connectivity index (χ0v) is 6.69. The molecule has 2 nitrogen and oxygen atoms in total. The Kier molecular flexibility index (Phi) is 1.46. The Morgan fingerprint density at radius 1 is 1.40 bits per heavy atom. The van der Waals surface area contributed by atoms with Gasteiger partial charge >= 0.3 is 0 Å². The fourth-order valence-corrected chi connectivity index (χ4v) is 2.23. The van der Waals surface area contributed by atoms with E-state index in [0.717, 1.165) is 0 Å². The van der Waals surface area contributed by atoms with Crippen LogP contribution in [0.4, 0.5) is 0 Å². The Labute approximate surface area is 62.6 Å². The SMILES string of the molecule is C[C@]12CCCN1CCNC2. The Morgan fingerprint density at radius 2 is 2.30 bits per heavy atom. The van der Waals surface area contributed by atoms with Crippen LogP contribution in [0.3, 0.4) is 0 Å². The summed E-state index contributed by atoms with van der Waals surface area (Å²) < 4.78 is 0. The van der Waals surface area contributed by atoms with Crippen molar-refractivity contribution in [3.63, 3.8) is 0 Å². The maximum Gasteiger partial charge on any atom is 0.0306 e. The molecule has 2 aliphatic heterocycles. The third-order valence-electron chi connectivity index (χ3n) is 2.97. The first kappa shape index (κ1) is 6.62. The minimum absolute atomic E-state index is 0.512. The van der Waals surface area contributed by atoms with E-state index < -0.39 is 0 Å². The standard InChI is InChI=1S/C8H16N2/c1-8-3-2-5-10(8)6-4-9-7-8/h9H,2-7H2,1H3/t8-/m1/s1. The van der Waals surface area contributed by atoms with E-state index in [4.69, 9.17) is 0 Å². The van der Waals surface area contributed by atoms with E-state index in [9.17, 15) is 0 Å². The summed E-state index contributed by atoms with van der Waals surface area (Å²) in [5, 5.41) is 3.46. The number of nitrogens with zero attached hydrogens (tertiary/aromatic N) is 1. The third-order valence-corrected chi connectivity index (χ3v) is 2.97. The first-order valence-electron chi connectivity index (χ1n) is 4.27. The van der Waals surface area contributed by atoms with Gasteiger partial charge < -0.3 is 5.32 Å². The van der Waals surface area contributed by atoms with Gasteiger partial charge in [-0.3, -0.25) is 4.90 Å². The van der Waals surface area contributed by atoms with Gasteiger partial charge in [-0.2, -0.15) is 0 Å². The van der Waals surface area contributed by atoms with E-state index in [2.05, 4.69) is 17.1 Å². The van der Waals surface area contributed by atoms with Gasteiger partial charge in [-0.05, 0) is 26.3 Å². The molecule has 2 fully saturated rings. The van der Waals surface area contributed by atoms with Gasteiger partial charge in [-0.1, -0.05) is 0 Å². The maximum atomic E-state index is 3.46. The molecular formula is C8H16N2. The van der Waals surface area contributed by atoms with Crippen molar-refractivity contribution >= 4 is 0 Å². The smallest absolute Gasteiger partial charge is 0.0306 e. The molecular weight excluding hydrogens is 124 g/mol. The molecule has 0 unspecified atom stereocenters. The number of nitrogens with one attached hydrogen (secondary N) is 1. The van der Waals surface area contributed by atoms with Gasteiger partial charge in [-0.25, -0.2) is 0 Å². The zero-order chi connectivity index (χ0) is 7.03. The van der Waals surface area contributed by atoms with E-state index >= 15 is 0 Å². The molecule has 1 atom stereocenters. The molecule has 0 bridgehead atoms. The Balaban J connectivity index is 2.10. The number of hydrogen-bond donors (Lipinski definition) is 1. The van der Waals surface area contributed by atoms with Crippen molar-refractivity contribution in [2.75, 3.05) is 26.2 Å². The highest BCUT2D eigenvalue weighted by Gasteiger charge is 2.37. The molecule has 0 saturated carbocycles. The van der Waals surface area contributed by atoms with Crippen LogP contribution in [0.25, 0.3) is 0 Å². The summed E-state index contributed by atoms with van der Waals surface area (Å²) >= 11 is 0. The van der Waals surface area contributed by atoms with Gasteiger partial charge in [-0.15, -0.1) is 0 Å². The molecule has 0 aliphatic carbocycles. The molecule has 0 spiro atoms. The van der Waals surface area contributed by atoms with E-state index in [1.807, 2.05) is 0 Å². The van der Waals surface area contributed by atoms with Crippen LogP contribution in [0, 0.1) is 0 Å². The lowest BCUT2D eigenvalue weighted by Crippen LogP contribution is -2.55. The van der Waals surface area contributed by atoms with Crippen LogP contribution >= 0.6 is 0 Å². The van der Waals surface area contributed by atoms with Crippen molar-refractivity contribution in [1.29, 1.82) is 0 Å². The lowest BCUT2D eigenvalue weighted by Gasteiger charge is -2.39. The number of hydrogen-bond acceptors (Lipinski definition) is 2. The molecule has 0 aromatic carbocycles. The van der Waals surface area contributed by atoms with Crippen molar-refractivity contribution in [1.82, 2.24) is 10.2 Å². The summed E-state index contributed by atoms with van der Waals surface area (Å²) in [5.41, 5.74) is 0.512. The second-order valence-corrected chi connectivity index (χ2v) is 3.76. The van der Waals surface area contributed by atoms with Crippen molar-refractivity contribution in [2.45, 2.75) is 25.3 Å². The van der Waals surface area contributed by atoms with Gasteiger partial charge in [0.1, 0.15) is 0 Å². The average Bonchev–Trinajstić information content (AvgIpc) is 2.29. The predicted molar refractivity (Wildman–Crippen MR) is 42.1 cm³/mol. The fraction of sp³-hybridized carbons (Fsp3) is 1.00. The summed E-state index contributed by atoms with van der Waals surface area (Å²) in [6, 6.07) is 0. The van der Waals surface area contributed by atoms with Crippen LogP contribution in [0.5, 0.6) is 0 Å². The normalized spacial score (nSPS) is 41.7. The third kappa shape index (κ3) is 0.867. The quantitative estimate of drug-likeness (QED) is 0.525. The zero-order valence-electron chi connectivity index (χ0n) is 6.69. The van der Waals surface area contributed by atoms with Crippen molar-refractivity contribution < 1.29 is 0 Å². The fourth-order valence-electron chi connectivity index (χ4n) is 2.23. The molecule has 2 heteroatoms. The minimum atomic E-state index is 0.512. The van der Waals surface area contributed by atoms with E-state index in [1.165, 1.54) is 39.0 Å². The molecule has 1 N–H and O–H groups in total. The van der Waals surface area contributed by atoms with Crippen LogP contribution in [0.1, 0.15) is 19.8 Å². The Bertz CT molecular complexity index is 135. The molecule has 58 valence electrons. The molecule has 2 rings (SSSR count). The predicted octanol–water partition coefficient (Wildman–Crippen LogP) is 0.444. The van der Waals surface area contributed by atoms with Gasteiger partial charge in [0, 0.05) is 25.2 Å². The highest BCUT2D eigenvalue weighted by atomic mass is 15.3. The highest BCUT2D eigenvalue weighted by molar-refractivity contribution is 4.96. The monoisotopic (exact) mass is 140 g/mol. The minimum Gasteiger partial charge on any atom is -0.314 e. The Morgan fingerprint density at radius 3 is 3.10 bits per heavy atom. The summed E-state index contributed by atoms with van der Waals surface area (Å²) in [4.78, 5) is 2.63. The molecule has 0 aromatic rings. The van der Waals surface area contributed by atoms with Crippen LogP contribution in [-0.2, 0) is 0 Å². The first-order valence-corrected chi connectivity index (χ1v) is 4.27. The summed E-state index contributed by atoms with van der Waals surface area (Å²) in [6.07, 6.45) is 2.79. The lowest BCUT2D eigenvalue weighted by molar-refractivity contribution is 0.122. The molecule has 2 aliphatic rings. The van der Waals surface area contributed by atoms with Crippen LogP contribution in [-0.4, -0.2) is 36.6 Å². The highest BCUT2D eigenvalue weighted by Crippen LogP contribution is 2.29. The largest absolute Gasteiger partial charge is 0.314 e. The van der Waals surface area contributed by atoms with E-state index in [-0.39, 0.29) is 0 Å². The van der Waals surface area contributed by atoms with Crippen molar-refractivity contribution in [3.8, 4) is 0 Å². The van der Waals surface area contributed by atoms with Gasteiger partial charge in [0.25, 0.3) is 0 Å². The van der Waals surface area contributed by atoms with Crippen LogP contribution in [0.15, 0.2) is 0 Å². The second kappa shape index (κ2) is 2.21. The molecule has 0 aromatic heterocycles. The van der Waals surface area contributed by atoms with Gasteiger partial charge in [0.05, 0.1) is 0 Å². The topological polar surface area (TPSA) is 15.3 Å². The molecule has 2 heterocycles. The van der Waals surface area contributed by atoms with Crippen LogP contribution < -0.4 is 5.32 Å². The van der Waals surface area contributed by atoms with Crippen molar-refractivity contribution in [3.05, 3.63) is 0 Å². The number of rotatable bonds is 0. The van der Waals surface area contributed by atoms with Crippen molar-refractivity contribution in [2.24, 2.45) is 0 Å². The maximum absolute atomic E-state index is 3.46. The summed E-state index contributed by atoms with van der Waals surface area (Å²) in [7, 11) is 0. The van der Waals surface area contributed by atoms with Gasteiger partial charge in [0.2, 0.25) is 0 Å². The molecule has 10 heavy (non-hydrogen) atoms. The van der Waals surface area contributed by atoms with Gasteiger partial charge in [0.15, 0.2) is 0 Å². The van der Waals surface area contributed by atoms with E-state index in [0.29, 0.717) is 5.54 Å². The average molecular weight is 140 g/mol. The molecule has 0 amide bonds. The number of piperazine rings is 1. The second-order valence-electron chi connectivity index (χ2n) is 3.76. The lowest BCUT2D eigenvalue weighted by atomic mass is 9.97. The van der Waals surface area contributed by atoms with Crippen LogP contribution in [0.2, 0.25) is 0 Å². The van der Waals surface area contributed by atoms with E-state index in [1.54, 1.807) is 0 Å². The Hall–Kier alpha value is -0.0800. The summed E-state index contributed by atoms with van der Waals surface area (Å²) in [5.74, 6) is 0.